The number of Topliss-reactive ketones (excluding diaryl/α,β-unsaturated/α-hetero) is 4. The topological polar surface area (TPSA) is 363 Å². The number of aryl methyl sites for hydroxylation is 1. The van der Waals surface area contributed by atoms with Crippen LogP contribution in [0.5, 0.6) is 0 Å². The van der Waals surface area contributed by atoms with E-state index in [-0.39, 0.29) is 74.8 Å². The van der Waals surface area contributed by atoms with Gasteiger partial charge in [0.25, 0.3) is 5.91 Å². The third-order valence-electron chi connectivity index (χ3n) is 13.5. The predicted octanol–water partition coefficient (Wildman–Crippen LogP) is 7.46. The van der Waals surface area contributed by atoms with Crippen molar-refractivity contribution < 1.29 is 76.0 Å². The molecular formula is C59H95N7O16S. The van der Waals surface area contributed by atoms with Gasteiger partial charge in [0.05, 0.1) is 37.0 Å². The first-order chi connectivity index (χ1) is 39.7. The van der Waals surface area contributed by atoms with Crippen LogP contribution < -0.4 is 21.7 Å². The van der Waals surface area contributed by atoms with Crippen LogP contribution in [0.1, 0.15) is 210 Å². The third kappa shape index (κ3) is 40.7. The number of rotatable bonds is 51. The Morgan fingerprint density at radius 2 is 1.23 bits per heavy atom. The zero-order chi connectivity index (χ0) is 61.7. The summed E-state index contributed by atoms with van der Waals surface area (Å²) >= 11 is 0. The number of nitrogens with one attached hydrogen (secondary N) is 3. The molecule has 7 N–H and O–H groups in total. The lowest BCUT2D eigenvalue weighted by molar-refractivity contribution is -0.145. The number of unbranched alkanes of at least 4 members (excludes halogenated alkanes) is 13. The fraction of sp³-hybridized carbons (Fsp3) is 0.712. The number of carbonyl (C=O) groups is 10. The highest BCUT2D eigenvalue weighted by Gasteiger charge is 2.26. The summed E-state index contributed by atoms with van der Waals surface area (Å²) < 4.78 is 35.1. The van der Waals surface area contributed by atoms with Crippen molar-refractivity contribution in [1.29, 1.82) is 0 Å². The molecule has 24 heteroatoms. The second kappa shape index (κ2) is 46.3. The number of nitrogens with two attached hydrogens (primary N) is 1. The molecule has 23 nitrogen and oxygen atoms in total. The van der Waals surface area contributed by atoms with Crippen molar-refractivity contribution in [3.63, 3.8) is 0 Å². The summed E-state index contributed by atoms with van der Waals surface area (Å²) in [4.78, 5) is 120. The number of ketones is 4. The van der Waals surface area contributed by atoms with E-state index in [1.54, 1.807) is 12.1 Å². The van der Waals surface area contributed by atoms with Crippen LogP contribution in [0.2, 0.25) is 0 Å². The van der Waals surface area contributed by atoms with Crippen LogP contribution in [0, 0.1) is 12.8 Å². The number of aliphatic carboxylic acids is 2. The van der Waals surface area contributed by atoms with Crippen molar-refractivity contribution in [3.8, 4) is 0 Å². The number of carbonyl (C=O) groups excluding carboxylic acids is 8. The summed E-state index contributed by atoms with van der Waals surface area (Å²) in [5, 5.41) is 38.0. The highest BCUT2D eigenvalue weighted by atomic mass is 32.2. The lowest BCUT2D eigenvalue weighted by atomic mass is 9.94. The number of primary amides is 1. The smallest absolute Gasteiger partial charge is 0.326 e. The van der Waals surface area contributed by atoms with Crippen molar-refractivity contribution in [3.05, 3.63) is 35.4 Å². The number of ether oxygens (including phenoxy) is 2. The minimum atomic E-state index is -3.72. The van der Waals surface area contributed by atoms with E-state index in [0.717, 1.165) is 49.8 Å². The molecule has 1 aromatic carbocycles. The lowest BCUT2D eigenvalue weighted by Crippen LogP contribution is -2.45. The minimum absolute atomic E-state index is 0.0221. The van der Waals surface area contributed by atoms with Gasteiger partial charge in [0.2, 0.25) is 17.7 Å². The number of carboxylic acids is 2. The van der Waals surface area contributed by atoms with Crippen LogP contribution in [-0.4, -0.2) is 146 Å². The van der Waals surface area contributed by atoms with Gasteiger partial charge in [0.15, 0.2) is 9.84 Å². The molecule has 1 heterocycles. The van der Waals surface area contributed by atoms with Gasteiger partial charge in [-0.3, -0.25) is 43.2 Å². The second-order valence-corrected chi connectivity index (χ2v) is 23.3. The van der Waals surface area contributed by atoms with E-state index < -0.39 is 87.7 Å². The average molecular weight is 1190 g/mol. The van der Waals surface area contributed by atoms with Crippen LogP contribution in [0.3, 0.4) is 0 Å². The molecule has 2 rings (SSSR count). The van der Waals surface area contributed by atoms with Crippen molar-refractivity contribution >= 4 is 74.2 Å². The van der Waals surface area contributed by atoms with E-state index in [4.69, 9.17) is 15.2 Å². The monoisotopic (exact) mass is 1190 g/mol. The van der Waals surface area contributed by atoms with E-state index >= 15 is 0 Å². The van der Waals surface area contributed by atoms with Crippen LogP contribution in [0.15, 0.2) is 39.7 Å². The van der Waals surface area contributed by atoms with Crippen LogP contribution in [-0.2, 0) is 62.5 Å². The van der Waals surface area contributed by atoms with E-state index in [0.29, 0.717) is 77.0 Å². The number of carboxylic acid groups (broad SMARTS) is 2. The molecule has 83 heavy (non-hydrogen) atoms. The standard InChI is InChI=1S/C39H64N4O11S.C20H31N3O5/c1-2-17-32(44)22-23-36(39(51)52)41-37(48)24-21-30(38(49)50)26-35(47)27-33(45)20-16-25-55(53,54)29-34(46)19-15-13-11-9-7-5-3-4-6-8-10-12-14-18-31-28-40-43-42-31;1-3-27-12-13-28-14-18(24)23-17(19(21)25)6-4-5-11-22-20(26)16-9-7-15(2)8-10-16/h30,36H,2-29H2,1H3,(H,41,48)(H,49,50)(H,51,52);7-10,17H,3-6,11-14H2,1-2H3,(H2,21,25)(H,22,26)(H,23,24)/t30-,36+;17-/m10/s1. The maximum absolute atomic E-state index is 12.4. The fourth-order valence-corrected chi connectivity index (χ4v) is 10.1. The highest BCUT2D eigenvalue weighted by molar-refractivity contribution is 7.92. The van der Waals surface area contributed by atoms with Gasteiger partial charge in [-0.15, -0.1) is 5.10 Å². The Morgan fingerprint density at radius 3 is 1.81 bits per heavy atom. The molecule has 4 amide bonds. The number of sulfone groups is 1. The maximum atomic E-state index is 12.4. The van der Waals surface area contributed by atoms with E-state index in [9.17, 15) is 66.6 Å². The number of amides is 4. The lowest BCUT2D eigenvalue weighted by Gasteiger charge is -2.15. The Bertz CT molecular complexity index is 2330. The van der Waals surface area contributed by atoms with Crippen molar-refractivity contribution in [2.75, 3.05) is 51.0 Å². The van der Waals surface area contributed by atoms with E-state index in [1.807, 2.05) is 32.9 Å². The molecule has 0 aromatic heterocycles. The molecule has 0 unspecified atom stereocenters. The maximum Gasteiger partial charge on any atom is 0.326 e. The van der Waals surface area contributed by atoms with E-state index in [2.05, 4.69) is 31.4 Å². The summed E-state index contributed by atoms with van der Waals surface area (Å²) in [6.07, 6.45) is 16.2. The zero-order valence-electron chi connectivity index (χ0n) is 49.4. The Kier molecular flexibility index (Phi) is 41.7. The van der Waals surface area contributed by atoms with Gasteiger partial charge in [-0.05, 0) is 95.4 Å². The van der Waals surface area contributed by atoms with Crippen molar-refractivity contribution in [2.45, 2.75) is 213 Å². The van der Waals surface area contributed by atoms with Crippen LogP contribution in [0.25, 0.3) is 0 Å². The third-order valence-corrected chi connectivity index (χ3v) is 15.2. The summed E-state index contributed by atoms with van der Waals surface area (Å²) in [5.74, 6) is -8.50. The van der Waals surface area contributed by atoms with Gasteiger partial charge in [0, 0.05) is 57.2 Å². The van der Waals surface area contributed by atoms with Gasteiger partial charge in [-0.1, -0.05) is 95.2 Å². The van der Waals surface area contributed by atoms with Gasteiger partial charge < -0.3 is 41.4 Å². The molecule has 0 saturated carbocycles. The molecule has 0 bridgehead atoms. The summed E-state index contributed by atoms with van der Waals surface area (Å²) in [7, 11) is -3.72. The molecule has 1 aliphatic rings. The van der Waals surface area contributed by atoms with Crippen LogP contribution >= 0.6 is 0 Å². The Labute approximate surface area is 490 Å². The molecule has 3 atom stereocenters. The molecule has 0 radical (unpaired) electrons. The van der Waals surface area contributed by atoms with Gasteiger partial charge in [0.1, 0.15) is 54.1 Å². The first-order valence-electron chi connectivity index (χ1n) is 29.7. The van der Waals surface area contributed by atoms with Crippen molar-refractivity contribution in [2.24, 2.45) is 27.1 Å². The minimum Gasteiger partial charge on any atom is -0.481 e. The van der Waals surface area contributed by atoms with Gasteiger partial charge in [-0.2, -0.15) is 5.11 Å². The molecule has 1 aromatic rings. The summed E-state index contributed by atoms with van der Waals surface area (Å²) in [6.45, 7) is 7.95. The SMILES string of the molecule is CCCC(=O)CC[C@H](NC(=O)CC[C@H](CC(=O)CC(=O)CCCS(=O)(=O)CC(=O)CCCCCCCCCCCCCCCC1=NN=NC1)C(=O)O)C(=O)O.CCOCCOCC(=O)N[C@@H](CCCCNC(=O)c1ccc(C)cc1)C(N)=O. The van der Waals surface area contributed by atoms with Gasteiger partial charge in [-0.25, -0.2) is 13.2 Å². The van der Waals surface area contributed by atoms with E-state index in [1.165, 1.54) is 44.9 Å². The molecule has 0 fully saturated rings. The zero-order valence-corrected chi connectivity index (χ0v) is 50.3. The largest absolute Gasteiger partial charge is 0.481 e. The number of nitrogens with zero attached hydrogens (tertiary/aromatic N) is 3. The van der Waals surface area contributed by atoms with Crippen molar-refractivity contribution in [1.82, 2.24) is 16.0 Å². The molecule has 1 aliphatic heterocycles. The summed E-state index contributed by atoms with van der Waals surface area (Å²) in [5.41, 5.74) is 8.14. The predicted molar refractivity (Wildman–Crippen MR) is 313 cm³/mol. The Morgan fingerprint density at radius 1 is 0.627 bits per heavy atom. The average Bonchev–Trinajstić information content (AvgIpc) is 3.98. The summed E-state index contributed by atoms with van der Waals surface area (Å²) in [6, 6.07) is 5.26. The van der Waals surface area contributed by atoms with Crippen LogP contribution in [0.4, 0.5) is 0 Å². The first-order valence-corrected chi connectivity index (χ1v) is 31.5. The number of hydrogen-bond donors (Lipinski definition) is 6. The molecular weight excluding hydrogens is 1090 g/mol. The Balaban J connectivity index is 0.00000103. The normalized spacial score (nSPS) is 12.9. The number of hydrogen-bond acceptors (Lipinski definition) is 17. The molecule has 468 valence electrons. The second-order valence-electron chi connectivity index (χ2n) is 21.1. The molecule has 0 aliphatic carbocycles. The fourth-order valence-electron chi connectivity index (χ4n) is 8.78. The first kappa shape index (κ1) is 74.9. The number of benzene rings is 1. The quantitative estimate of drug-likeness (QED) is 0.0272. The van der Waals surface area contributed by atoms with Gasteiger partial charge >= 0.3 is 11.9 Å². The molecule has 0 saturated heterocycles. The highest BCUT2D eigenvalue weighted by Crippen LogP contribution is 2.17. The molecule has 0 spiro atoms. The Hall–Kier alpha value is -6.14.